The van der Waals surface area contributed by atoms with Crippen molar-refractivity contribution in [2.45, 2.75) is 39.7 Å². The minimum Gasteiger partial charge on any atom is -0.472 e. The van der Waals surface area contributed by atoms with Crippen molar-refractivity contribution >= 4 is 5.91 Å². The summed E-state index contributed by atoms with van der Waals surface area (Å²) in [5.74, 6) is 2.67. The van der Waals surface area contributed by atoms with Crippen LogP contribution >= 0.6 is 0 Å². The fraction of sp³-hybridized carbons (Fsp3) is 0.471. The first-order chi connectivity index (χ1) is 11.0. The Hall–Kier alpha value is -2.37. The van der Waals surface area contributed by atoms with E-state index in [0.717, 1.165) is 25.1 Å². The molecule has 0 unspecified atom stereocenters. The van der Waals surface area contributed by atoms with Crippen LogP contribution < -0.4 is 4.74 Å². The van der Waals surface area contributed by atoms with Crippen molar-refractivity contribution in [2.24, 2.45) is 0 Å². The van der Waals surface area contributed by atoms with Crippen LogP contribution in [0.25, 0.3) is 0 Å². The number of ether oxygens (including phenoxy) is 1. The molecule has 1 atom stereocenters. The molecule has 0 aromatic carbocycles. The molecule has 1 aliphatic heterocycles. The molecular formula is C17H21N3O3. The van der Waals surface area contributed by atoms with Crippen LogP contribution in [-0.4, -0.2) is 40.0 Å². The van der Waals surface area contributed by atoms with E-state index in [9.17, 15) is 4.79 Å². The molecule has 0 spiro atoms. The minimum atomic E-state index is -0.0460. The summed E-state index contributed by atoms with van der Waals surface area (Å²) in [6.07, 6.45) is 3.46. The summed E-state index contributed by atoms with van der Waals surface area (Å²) >= 11 is 0. The van der Waals surface area contributed by atoms with Crippen LogP contribution in [0.3, 0.4) is 0 Å². The van der Waals surface area contributed by atoms with Gasteiger partial charge in [0.2, 0.25) is 5.88 Å². The number of piperidine rings is 1. The zero-order valence-electron chi connectivity index (χ0n) is 13.7. The maximum Gasteiger partial charge on any atom is 0.257 e. The Bertz CT molecular complexity index is 711. The summed E-state index contributed by atoms with van der Waals surface area (Å²) in [5, 5.41) is 0. The lowest BCUT2D eigenvalue weighted by molar-refractivity contribution is 0.0525. The van der Waals surface area contributed by atoms with E-state index in [-0.39, 0.29) is 12.0 Å². The largest absolute Gasteiger partial charge is 0.472 e. The SMILES string of the molecule is Cc1nccc(O[C@H]2CCCN(C(=O)c3cc(C)oc3C)C2)n1. The van der Waals surface area contributed by atoms with Crippen molar-refractivity contribution in [3.05, 3.63) is 41.2 Å². The maximum absolute atomic E-state index is 12.7. The predicted molar refractivity (Wildman–Crippen MR) is 84.5 cm³/mol. The van der Waals surface area contributed by atoms with Crippen LogP contribution in [0.1, 0.15) is 40.5 Å². The molecule has 0 radical (unpaired) electrons. The summed E-state index contributed by atoms with van der Waals surface area (Å²) in [4.78, 5) is 22.8. The zero-order chi connectivity index (χ0) is 16.4. The molecular weight excluding hydrogens is 294 g/mol. The van der Waals surface area contributed by atoms with Crippen molar-refractivity contribution in [2.75, 3.05) is 13.1 Å². The summed E-state index contributed by atoms with van der Waals surface area (Å²) in [6.45, 7) is 6.80. The van der Waals surface area contributed by atoms with Gasteiger partial charge in [0.05, 0.1) is 12.1 Å². The fourth-order valence-electron chi connectivity index (χ4n) is 2.90. The molecule has 1 saturated heterocycles. The normalized spacial score (nSPS) is 18.0. The highest BCUT2D eigenvalue weighted by Crippen LogP contribution is 2.21. The number of likely N-dealkylation sites (tertiary alicyclic amines) is 1. The lowest BCUT2D eigenvalue weighted by Gasteiger charge is -2.32. The van der Waals surface area contributed by atoms with Gasteiger partial charge >= 0.3 is 0 Å². The first-order valence-corrected chi connectivity index (χ1v) is 7.85. The van der Waals surface area contributed by atoms with E-state index in [1.807, 2.05) is 25.7 Å². The number of amides is 1. The van der Waals surface area contributed by atoms with Gasteiger partial charge in [-0.3, -0.25) is 4.79 Å². The van der Waals surface area contributed by atoms with Gasteiger partial charge in [-0.2, -0.15) is 4.98 Å². The van der Waals surface area contributed by atoms with Gasteiger partial charge in [-0.15, -0.1) is 0 Å². The van der Waals surface area contributed by atoms with E-state index >= 15 is 0 Å². The standard InChI is InChI=1S/C17H21N3O3/c1-11-9-15(12(2)22-11)17(21)20-8-4-5-14(10-20)23-16-6-7-18-13(3)19-16/h6-7,9,14H,4-5,8,10H2,1-3H3/t14-/m0/s1. The lowest BCUT2D eigenvalue weighted by Crippen LogP contribution is -2.44. The van der Waals surface area contributed by atoms with Crippen molar-refractivity contribution in [3.63, 3.8) is 0 Å². The molecule has 6 nitrogen and oxygen atoms in total. The second kappa shape index (κ2) is 6.40. The van der Waals surface area contributed by atoms with E-state index in [1.54, 1.807) is 18.3 Å². The smallest absolute Gasteiger partial charge is 0.257 e. The van der Waals surface area contributed by atoms with Gasteiger partial charge in [0.1, 0.15) is 23.4 Å². The third-order valence-electron chi connectivity index (χ3n) is 3.97. The topological polar surface area (TPSA) is 68.5 Å². The number of rotatable bonds is 3. The van der Waals surface area contributed by atoms with Crippen molar-refractivity contribution in [1.82, 2.24) is 14.9 Å². The van der Waals surface area contributed by atoms with Gasteiger partial charge in [0.25, 0.3) is 5.91 Å². The van der Waals surface area contributed by atoms with Crippen molar-refractivity contribution < 1.29 is 13.9 Å². The molecule has 2 aromatic heterocycles. The molecule has 0 aliphatic carbocycles. The highest BCUT2D eigenvalue weighted by molar-refractivity contribution is 5.95. The molecule has 23 heavy (non-hydrogen) atoms. The quantitative estimate of drug-likeness (QED) is 0.871. The van der Waals surface area contributed by atoms with Gasteiger partial charge in [-0.05, 0) is 39.7 Å². The highest BCUT2D eigenvalue weighted by atomic mass is 16.5. The number of carbonyl (C=O) groups is 1. The Morgan fingerprint density at radius 3 is 2.91 bits per heavy atom. The third kappa shape index (κ3) is 3.52. The lowest BCUT2D eigenvalue weighted by atomic mass is 10.1. The molecule has 6 heteroatoms. The van der Waals surface area contributed by atoms with E-state index in [2.05, 4.69) is 9.97 Å². The zero-order valence-corrected chi connectivity index (χ0v) is 13.7. The maximum atomic E-state index is 12.7. The van der Waals surface area contributed by atoms with Gasteiger partial charge in [-0.1, -0.05) is 0 Å². The summed E-state index contributed by atoms with van der Waals surface area (Å²) in [5.41, 5.74) is 0.640. The summed E-state index contributed by atoms with van der Waals surface area (Å²) in [7, 11) is 0. The van der Waals surface area contributed by atoms with Gasteiger partial charge in [-0.25, -0.2) is 4.98 Å². The monoisotopic (exact) mass is 315 g/mol. The number of nitrogens with zero attached hydrogens (tertiary/aromatic N) is 3. The molecule has 0 saturated carbocycles. The molecule has 2 aromatic rings. The average Bonchev–Trinajstić information content (AvgIpc) is 2.85. The first-order valence-electron chi connectivity index (χ1n) is 7.85. The third-order valence-corrected chi connectivity index (χ3v) is 3.97. The Balaban J connectivity index is 1.68. The molecule has 122 valence electrons. The number of hydrogen-bond acceptors (Lipinski definition) is 5. The van der Waals surface area contributed by atoms with Crippen LogP contribution in [0, 0.1) is 20.8 Å². The molecule has 1 amide bonds. The van der Waals surface area contributed by atoms with Crippen LogP contribution in [0.2, 0.25) is 0 Å². The van der Waals surface area contributed by atoms with Crippen LogP contribution in [0.15, 0.2) is 22.7 Å². The fourth-order valence-corrected chi connectivity index (χ4v) is 2.90. The van der Waals surface area contributed by atoms with E-state index < -0.39 is 0 Å². The van der Waals surface area contributed by atoms with E-state index in [4.69, 9.17) is 9.15 Å². The highest BCUT2D eigenvalue weighted by Gasteiger charge is 2.27. The van der Waals surface area contributed by atoms with Gasteiger partial charge in [0.15, 0.2) is 0 Å². The summed E-state index contributed by atoms with van der Waals surface area (Å²) < 4.78 is 11.4. The molecule has 3 heterocycles. The Morgan fingerprint density at radius 1 is 1.39 bits per heavy atom. The number of aryl methyl sites for hydroxylation is 3. The molecule has 3 rings (SSSR count). The number of hydrogen-bond donors (Lipinski definition) is 0. The second-order valence-electron chi connectivity index (χ2n) is 5.90. The molecule has 1 fully saturated rings. The van der Waals surface area contributed by atoms with Crippen molar-refractivity contribution in [1.29, 1.82) is 0 Å². The number of furan rings is 1. The molecule has 0 bridgehead atoms. The Morgan fingerprint density at radius 2 is 2.22 bits per heavy atom. The van der Waals surface area contributed by atoms with Crippen LogP contribution in [-0.2, 0) is 0 Å². The first kappa shape index (κ1) is 15.5. The van der Waals surface area contributed by atoms with Crippen LogP contribution in [0.5, 0.6) is 5.88 Å². The van der Waals surface area contributed by atoms with E-state index in [1.165, 1.54) is 0 Å². The van der Waals surface area contributed by atoms with Gasteiger partial charge < -0.3 is 14.1 Å². The molecule has 0 N–H and O–H groups in total. The Kier molecular flexibility index (Phi) is 4.32. The average molecular weight is 315 g/mol. The van der Waals surface area contributed by atoms with E-state index in [0.29, 0.717) is 29.6 Å². The summed E-state index contributed by atoms with van der Waals surface area (Å²) in [6, 6.07) is 3.55. The number of carbonyl (C=O) groups excluding carboxylic acids is 1. The Labute approximate surface area is 135 Å². The van der Waals surface area contributed by atoms with Gasteiger partial charge in [0, 0.05) is 18.8 Å². The molecule has 1 aliphatic rings. The van der Waals surface area contributed by atoms with Crippen LogP contribution in [0.4, 0.5) is 0 Å². The number of aromatic nitrogens is 2. The predicted octanol–water partition coefficient (Wildman–Crippen LogP) is 2.68. The van der Waals surface area contributed by atoms with Crippen molar-refractivity contribution in [3.8, 4) is 5.88 Å². The minimum absolute atomic E-state index is 0.00604. The second-order valence-corrected chi connectivity index (χ2v) is 5.90.